The van der Waals surface area contributed by atoms with Gasteiger partial charge in [-0.15, -0.1) is 24.8 Å². The van der Waals surface area contributed by atoms with E-state index in [4.69, 9.17) is 5.73 Å². The first kappa shape index (κ1) is 16.7. The van der Waals surface area contributed by atoms with Crippen molar-refractivity contribution in [1.82, 2.24) is 4.90 Å². The van der Waals surface area contributed by atoms with E-state index in [1.807, 2.05) is 0 Å². The van der Waals surface area contributed by atoms with Gasteiger partial charge in [0.05, 0.1) is 0 Å². The molecule has 0 spiro atoms. The molecule has 17 heavy (non-hydrogen) atoms. The molecule has 0 atom stereocenters. The molecule has 1 heterocycles. The number of rotatable bonds is 3. The molecule has 1 fully saturated rings. The van der Waals surface area contributed by atoms with Gasteiger partial charge in [0, 0.05) is 6.54 Å². The molecule has 2 N–H and O–H groups in total. The molecule has 0 bridgehead atoms. The van der Waals surface area contributed by atoms with E-state index in [1.54, 1.807) is 0 Å². The third-order valence-electron chi connectivity index (χ3n) is 3.29. The molecule has 1 aliphatic rings. The summed E-state index contributed by atoms with van der Waals surface area (Å²) in [5.74, 6) is 0.761. The average molecular weight is 277 g/mol. The Morgan fingerprint density at radius 1 is 1.06 bits per heavy atom. The van der Waals surface area contributed by atoms with Gasteiger partial charge in [0.2, 0.25) is 0 Å². The Labute approximate surface area is 116 Å². The summed E-state index contributed by atoms with van der Waals surface area (Å²) in [6.07, 6.45) is 2.53. The Morgan fingerprint density at radius 2 is 1.65 bits per heavy atom. The van der Waals surface area contributed by atoms with E-state index >= 15 is 0 Å². The lowest BCUT2D eigenvalue weighted by molar-refractivity contribution is 0.180. The molecule has 1 aliphatic heterocycles. The summed E-state index contributed by atoms with van der Waals surface area (Å²) in [5.41, 5.74) is 7.10. The molecule has 1 saturated heterocycles. The fourth-order valence-corrected chi connectivity index (χ4v) is 2.22. The molecular weight excluding hydrogens is 255 g/mol. The Balaban J connectivity index is 0.00000128. The van der Waals surface area contributed by atoms with Gasteiger partial charge in [0.15, 0.2) is 0 Å². The van der Waals surface area contributed by atoms with Crippen molar-refractivity contribution in [3.8, 4) is 0 Å². The van der Waals surface area contributed by atoms with Crippen molar-refractivity contribution in [2.75, 3.05) is 19.6 Å². The third kappa shape index (κ3) is 5.26. The zero-order valence-corrected chi connectivity index (χ0v) is 11.7. The number of nitrogens with zero attached hydrogens (tertiary/aromatic N) is 1. The maximum atomic E-state index is 5.68. The van der Waals surface area contributed by atoms with Crippen molar-refractivity contribution in [3.63, 3.8) is 0 Å². The first-order valence-corrected chi connectivity index (χ1v) is 5.85. The van der Waals surface area contributed by atoms with Crippen molar-refractivity contribution in [3.05, 3.63) is 35.9 Å². The fraction of sp³-hybridized carbons (Fsp3) is 0.538. The first-order chi connectivity index (χ1) is 7.38. The van der Waals surface area contributed by atoms with Crippen LogP contribution in [0.2, 0.25) is 0 Å². The van der Waals surface area contributed by atoms with Crippen molar-refractivity contribution in [2.45, 2.75) is 19.4 Å². The maximum absolute atomic E-state index is 5.68. The molecule has 98 valence electrons. The molecule has 2 rings (SSSR count). The van der Waals surface area contributed by atoms with E-state index < -0.39 is 0 Å². The van der Waals surface area contributed by atoms with Crippen LogP contribution in [0.5, 0.6) is 0 Å². The lowest BCUT2D eigenvalue weighted by atomic mass is 9.97. The van der Waals surface area contributed by atoms with Crippen LogP contribution in [0.15, 0.2) is 30.3 Å². The van der Waals surface area contributed by atoms with Crippen molar-refractivity contribution in [1.29, 1.82) is 0 Å². The van der Waals surface area contributed by atoms with Gasteiger partial charge in [-0.05, 0) is 44.0 Å². The maximum Gasteiger partial charge on any atom is 0.0233 e. The molecule has 0 aliphatic carbocycles. The number of benzene rings is 1. The SMILES string of the molecule is Cl.Cl.NCC1CCN(Cc2ccccc2)CC1. The molecule has 0 radical (unpaired) electrons. The van der Waals surface area contributed by atoms with Gasteiger partial charge in [-0.25, -0.2) is 0 Å². The second kappa shape index (κ2) is 8.76. The van der Waals surface area contributed by atoms with Crippen LogP contribution >= 0.6 is 24.8 Å². The standard InChI is InChI=1S/C13H20N2.2ClH/c14-10-12-6-8-15(9-7-12)11-13-4-2-1-3-5-13;;/h1-5,12H,6-11,14H2;2*1H. The Kier molecular flexibility index (Phi) is 8.61. The van der Waals surface area contributed by atoms with E-state index in [0.717, 1.165) is 19.0 Å². The lowest BCUT2D eigenvalue weighted by Gasteiger charge is -2.31. The predicted molar refractivity (Wildman–Crippen MR) is 78.0 cm³/mol. The Morgan fingerprint density at radius 3 is 2.18 bits per heavy atom. The van der Waals surface area contributed by atoms with Gasteiger partial charge in [-0.3, -0.25) is 4.90 Å². The molecular formula is C13H22Cl2N2. The van der Waals surface area contributed by atoms with Gasteiger partial charge >= 0.3 is 0 Å². The molecule has 1 aromatic carbocycles. The van der Waals surface area contributed by atoms with E-state index in [2.05, 4.69) is 35.2 Å². The number of likely N-dealkylation sites (tertiary alicyclic amines) is 1. The summed E-state index contributed by atoms with van der Waals surface area (Å²) in [4.78, 5) is 2.53. The van der Waals surface area contributed by atoms with Crippen LogP contribution in [0.4, 0.5) is 0 Å². The first-order valence-electron chi connectivity index (χ1n) is 5.85. The highest BCUT2D eigenvalue weighted by Gasteiger charge is 2.17. The fourth-order valence-electron chi connectivity index (χ4n) is 2.22. The lowest BCUT2D eigenvalue weighted by Crippen LogP contribution is -2.35. The van der Waals surface area contributed by atoms with Crippen molar-refractivity contribution < 1.29 is 0 Å². The second-order valence-electron chi connectivity index (χ2n) is 4.44. The van der Waals surface area contributed by atoms with Crippen LogP contribution in [0.1, 0.15) is 18.4 Å². The summed E-state index contributed by atoms with van der Waals surface area (Å²) in [5, 5.41) is 0. The van der Waals surface area contributed by atoms with Gasteiger partial charge in [-0.1, -0.05) is 30.3 Å². The molecule has 2 nitrogen and oxygen atoms in total. The smallest absolute Gasteiger partial charge is 0.0233 e. The van der Waals surface area contributed by atoms with E-state index in [-0.39, 0.29) is 24.8 Å². The number of hydrogen-bond acceptors (Lipinski definition) is 2. The van der Waals surface area contributed by atoms with Crippen LogP contribution in [-0.2, 0) is 6.54 Å². The summed E-state index contributed by atoms with van der Waals surface area (Å²) >= 11 is 0. The number of halogens is 2. The number of piperidine rings is 1. The summed E-state index contributed by atoms with van der Waals surface area (Å²) in [7, 11) is 0. The highest BCUT2D eigenvalue weighted by Crippen LogP contribution is 2.17. The molecule has 0 aromatic heterocycles. The number of hydrogen-bond donors (Lipinski definition) is 1. The Bertz CT molecular complexity index is 285. The van der Waals surface area contributed by atoms with Crippen LogP contribution in [0.3, 0.4) is 0 Å². The van der Waals surface area contributed by atoms with Crippen LogP contribution in [-0.4, -0.2) is 24.5 Å². The van der Waals surface area contributed by atoms with Crippen LogP contribution < -0.4 is 5.73 Å². The molecule has 0 unspecified atom stereocenters. The minimum absolute atomic E-state index is 0. The predicted octanol–water partition coefficient (Wildman–Crippen LogP) is 2.70. The van der Waals surface area contributed by atoms with Crippen molar-refractivity contribution in [2.24, 2.45) is 11.7 Å². The summed E-state index contributed by atoms with van der Waals surface area (Å²) < 4.78 is 0. The van der Waals surface area contributed by atoms with Crippen molar-refractivity contribution >= 4 is 24.8 Å². The minimum atomic E-state index is 0. The monoisotopic (exact) mass is 276 g/mol. The summed E-state index contributed by atoms with van der Waals surface area (Å²) in [6.45, 7) is 4.37. The van der Waals surface area contributed by atoms with E-state index in [1.165, 1.54) is 31.5 Å². The zero-order valence-electron chi connectivity index (χ0n) is 10.0. The molecule has 4 heteroatoms. The van der Waals surface area contributed by atoms with Crippen LogP contribution in [0, 0.1) is 5.92 Å². The molecule has 0 saturated carbocycles. The average Bonchev–Trinajstić information content (AvgIpc) is 2.31. The van der Waals surface area contributed by atoms with E-state index in [0.29, 0.717) is 0 Å². The Hall–Kier alpha value is -0.280. The molecule has 0 amide bonds. The zero-order chi connectivity index (χ0) is 10.5. The van der Waals surface area contributed by atoms with Gasteiger partial charge in [0.25, 0.3) is 0 Å². The number of nitrogens with two attached hydrogens (primary N) is 1. The third-order valence-corrected chi connectivity index (χ3v) is 3.29. The highest BCUT2D eigenvalue weighted by atomic mass is 35.5. The second-order valence-corrected chi connectivity index (χ2v) is 4.44. The molecule has 1 aromatic rings. The van der Waals surface area contributed by atoms with E-state index in [9.17, 15) is 0 Å². The normalized spacial score (nSPS) is 17.0. The summed E-state index contributed by atoms with van der Waals surface area (Å²) in [6, 6.07) is 10.7. The quantitative estimate of drug-likeness (QED) is 0.920. The minimum Gasteiger partial charge on any atom is -0.330 e. The van der Waals surface area contributed by atoms with Gasteiger partial charge in [-0.2, -0.15) is 0 Å². The highest BCUT2D eigenvalue weighted by molar-refractivity contribution is 5.85. The van der Waals surface area contributed by atoms with Gasteiger partial charge < -0.3 is 5.73 Å². The topological polar surface area (TPSA) is 29.3 Å². The largest absolute Gasteiger partial charge is 0.330 e. The van der Waals surface area contributed by atoms with Crippen LogP contribution in [0.25, 0.3) is 0 Å². The van der Waals surface area contributed by atoms with Gasteiger partial charge in [0.1, 0.15) is 0 Å².